The van der Waals surface area contributed by atoms with Gasteiger partial charge in [0, 0.05) is 0 Å². The molecule has 0 saturated carbocycles. The highest BCUT2D eigenvalue weighted by Crippen LogP contribution is 2.32. The van der Waals surface area contributed by atoms with E-state index in [1.54, 1.807) is 5.56 Å². The zero-order valence-electron chi connectivity index (χ0n) is 11.8. The Labute approximate surface area is 107 Å². The summed E-state index contributed by atoms with van der Waals surface area (Å²) in [5.74, 6) is 1.59. The molecule has 0 N–H and O–H groups in total. The maximum atomic E-state index is 2.42. The Bertz CT molecular complexity index is 275. The highest BCUT2D eigenvalue weighted by Gasteiger charge is 2.17. The fourth-order valence-electron chi connectivity index (χ4n) is 2.75. The lowest BCUT2D eigenvalue weighted by Crippen LogP contribution is -2.10. The van der Waals surface area contributed by atoms with Crippen molar-refractivity contribution >= 4 is 0 Å². The summed E-state index contributed by atoms with van der Waals surface area (Å²) in [7, 11) is 0. The van der Waals surface area contributed by atoms with Gasteiger partial charge in [0.1, 0.15) is 0 Å². The predicted octanol–water partition coefficient (Wildman–Crippen LogP) is 5.79. The van der Waals surface area contributed by atoms with Gasteiger partial charge in [-0.05, 0) is 23.8 Å². The van der Waals surface area contributed by atoms with Crippen molar-refractivity contribution in [2.75, 3.05) is 0 Å². The van der Waals surface area contributed by atoms with E-state index < -0.39 is 0 Å². The van der Waals surface area contributed by atoms with Crippen LogP contribution in [-0.2, 0) is 0 Å². The number of benzene rings is 1. The largest absolute Gasteiger partial charge is 0.0654 e. The monoisotopic (exact) mass is 232 g/mol. The normalized spacial score (nSPS) is 14.5. The van der Waals surface area contributed by atoms with Crippen molar-refractivity contribution in [2.24, 2.45) is 5.92 Å². The third kappa shape index (κ3) is 4.93. The zero-order chi connectivity index (χ0) is 12.5. The summed E-state index contributed by atoms with van der Waals surface area (Å²) in [6.07, 6.45) is 8.10. The van der Waals surface area contributed by atoms with Crippen molar-refractivity contribution < 1.29 is 0 Å². The molecular formula is C17H28. The van der Waals surface area contributed by atoms with Crippen LogP contribution >= 0.6 is 0 Å². The topological polar surface area (TPSA) is 0 Å². The van der Waals surface area contributed by atoms with E-state index in [0.29, 0.717) is 0 Å². The molecule has 17 heavy (non-hydrogen) atoms. The van der Waals surface area contributed by atoms with E-state index in [-0.39, 0.29) is 0 Å². The Kier molecular flexibility index (Phi) is 7.00. The van der Waals surface area contributed by atoms with E-state index in [1.807, 2.05) is 0 Å². The Morgan fingerprint density at radius 3 is 2.18 bits per heavy atom. The fraction of sp³-hybridized carbons (Fsp3) is 0.647. The summed E-state index contributed by atoms with van der Waals surface area (Å²) >= 11 is 0. The second-order valence-corrected chi connectivity index (χ2v) is 5.28. The van der Waals surface area contributed by atoms with Gasteiger partial charge in [-0.25, -0.2) is 0 Å². The minimum absolute atomic E-state index is 0.766. The van der Waals surface area contributed by atoms with E-state index in [0.717, 1.165) is 11.8 Å². The van der Waals surface area contributed by atoms with Crippen LogP contribution in [-0.4, -0.2) is 0 Å². The van der Waals surface area contributed by atoms with Gasteiger partial charge >= 0.3 is 0 Å². The minimum Gasteiger partial charge on any atom is -0.0654 e. The molecule has 0 amide bonds. The Hall–Kier alpha value is -0.780. The molecule has 0 nitrogen and oxygen atoms in total. The summed E-state index contributed by atoms with van der Waals surface area (Å²) < 4.78 is 0. The smallest absolute Gasteiger partial charge is 0.0136 e. The molecule has 2 atom stereocenters. The molecule has 96 valence electrons. The van der Waals surface area contributed by atoms with Gasteiger partial charge in [-0.3, -0.25) is 0 Å². The molecule has 0 heteroatoms. The molecule has 1 aromatic carbocycles. The summed E-state index contributed by atoms with van der Waals surface area (Å²) in [6.45, 7) is 7.00. The van der Waals surface area contributed by atoms with Gasteiger partial charge in [0.05, 0.1) is 0 Å². The standard InChI is InChI=1S/C17H28/c1-4-6-8-14-17(15(3)11-5-2)16-12-9-7-10-13-16/h7,9-10,12-13,15,17H,4-6,8,11,14H2,1-3H3. The van der Waals surface area contributed by atoms with Crippen molar-refractivity contribution in [1.82, 2.24) is 0 Å². The van der Waals surface area contributed by atoms with Crippen molar-refractivity contribution in [1.29, 1.82) is 0 Å². The summed E-state index contributed by atoms with van der Waals surface area (Å²) in [5, 5.41) is 0. The van der Waals surface area contributed by atoms with Crippen LogP contribution in [0.25, 0.3) is 0 Å². The number of rotatable bonds is 8. The van der Waals surface area contributed by atoms with Crippen LogP contribution in [0.2, 0.25) is 0 Å². The molecule has 0 fully saturated rings. The molecule has 0 aliphatic rings. The average molecular weight is 232 g/mol. The zero-order valence-corrected chi connectivity index (χ0v) is 11.8. The molecule has 0 aromatic heterocycles. The second-order valence-electron chi connectivity index (χ2n) is 5.28. The molecule has 0 aliphatic heterocycles. The van der Waals surface area contributed by atoms with Gasteiger partial charge in [-0.15, -0.1) is 0 Å². The second kappa shape index (κ2) is 8.33. The van der Waals surface area contributed by atoms with Crippen LogP contribution in [0.15, 0.2) is 30.3 Å². The van der Waals surface area contributed by atoms with E-state index in [4.69, 9.17) is 0 Å². The van der Waals surface area contributed by atoms with Crippen LogP contribution in [0.5, 0.6) is 0 Å². The predicted molar refractivity (Wildman–Crippen MR) is 77.4 cm³/mol. The summed E-state index contributed by atoms with van der Waals surface area (Å²) in [6, 6.07) is 11.1. The van der Waals surface area contributed by atoms with Crippen molar-refractivity contribution in [3.8, 4) is 0 Å². The van der Waals surface area contributed by atoms with E-state index in [2.05, 4.69) is 51.1 Å². The first kappa shape index (κ1) is 14.3. The quantitative estimate of drug-likeness (QED) is 0.498. The SMILES string of the molecule is CCCCCC(c1ccccc1)C(C)CCC. The van der Waals surface area contributed by atoms with Gasteiger partial charge in [-0.1, -0.05) is 83.2 Å². The Morgan fingerprint density at radius 1 is 0.882 bits per heavy atom. The molecule has 0 aliphatic carbocycles. The lowest BCUT2D eigenvalue weighted by Gasteiger charge is -2.24. The number of unbranched alkanes of at least 4 members (excludes halogenated alkanes) is 2. The molecule has 0 saturated heterocycles. The van der Waals surface area contributed by atoms with Crippen molar-refractivity contribution in [2.45, 2.75) is 65.2 Å². The number of hydrogen-bond acceptors (Lipinski definition) is 0. The molecule has 1 rings (SSSR count). The van der Waals surface area contributed by atoms with Crippen LogP contribution in [0.3, 0.4) is 0 Å². The van der Waals surface area contributed by atoms with E-state index in [9.17, 15) is 0 Å². The Morgan fingerprint density at radius 2 is 1.59 bits per heavy atom. The fourth-order valence-corrected chi connectivity index (χ4v) is 2.75. The first-order valence-electron chi connectivity index (χ1n) is 7.34. The first-order valence-corrected chi connectivity index (χ1v) is 7.34. The number of hydrogen-bond donors (Lipinski definition) is 0. The van der Waals surface area contributed by atoms with Crippen molar-refractivity contribution in [3.63, 3.8) is 0 Å². The van der Waals surface area contributed by atoms with Crippen LogP contribution in [0, 0.1) is 5.92 Å². The van der Waals surface area contributed by atoms with Crippen LogP contribution in [0.1, 0.15) is 70.8 Å². The third-order valence-corrected chi connectivity index (χ3v) is 3.78. The average Bonchev–Trinajstić information content (AvgIpc) is 2.36. The lowest BCUT2D eigenvalue weighted by molar-refractivity contribution is 0.392. The Balaban J connectivity index is 2.64. The minimum atomic E-state index is 0.766. The van der Waals surface area contributed by atoms with Gasteiger partial charge in [-0.2, -0.15) is 0 Å². The summed E-state index contributed by atoms with van der Waals surface area (Å²) in [4.78, 5) is 0. The van der Waals surface area contributed by atoms with E-state index in [1.165, 1.54) is 38.5 Å². The molecule has 1 aromatic rings. The third-order valence-electron chi connectivity index (χ3n) is 3.78. The van der Waals surface area contributed by atoms with Crippen molar-refractivity contribution in [3.05, 3.63) is 35.9 Å². The van der Waals surface area contributed by atoms with Gasteiger partial charge in [0.25, 0.3) is 0 Å². The van der Waals surface area contributed by atoms with Crippen LogP contribution in [0.4, 0.5) is 0 Å². The molecule has 0 heterocycles. The lowest BCUT2D eigenvalue weighted by atomic mass is 9.81. The first-order chi connectivity index (χ1) is 8.29. The van der Waals surface area contributed by atoms with Gasteiger partial charge in [0.2, 0.25) is 0 Å². The summed E-state index contributed by atoms with van der Waals surface area (Å²) in [5.41, 5.74) is 1.55. The maximum absolute atomic E-state index is 2.42. The van der Waals surface area contributed by atoms with Crippen LogP contribution < -0.4 is 0 Å². The molecule has 0 spiro atoms. The molecule has 0 bridgehead atoms. The maximum Gasteiger partial charge on any atom is -0.0136 e. The van der Waals surface area contributed by atoms with E-state index >= 15 is 0 Å². The molecule has 2 unspecified atom stereocenters. The van der Waals surface area contributed by atoms with Gasteiger partial charge < -0.3 is 0 Å². The molecule has 0 radical (unpaired) electrons. The highest BCUT2D eigenvalue weighted by molar-refractivity contribution is 5.20. The van der Waals surface area contributed by atoms with Gasteiger partial charge in [0.15, 0.2) is 0 Å². The highest BCUT2D eigenvalue weighted by atomic mass is 14.2. The molecular weight excluding hydrogens is 204 g/mol.